The van der Waals surface area contributed by atoms with Gasteiger partial charge >= 0.3 is 0 Å². The minimum absolute atomic E-state index is 0.0745. The normalized spacial score (nSPS) is 13.0. The number of halogens is 2. The Balaban J connectivity index is 2.23. The molecule has 0 amide bonds. The summed E-state index contributed by atoms with van der Waals surface area (Å²) in [4.78, 5) is 4.51. The maximum absolute atomic E-state index is 13.4. The number of rotatable bonds is 3. The van der Waals surface area contributed by atoms with Crippen molar-refractivity contribution in [3.63, 3.8) is 0 Å². The molecule has 2 rings (SSSR count). The third-order valence-electron chi connectivity index (χ3n) is 3.60. The molecular formula is C17H19ClFNO. The fourth-order valence-electron chi connectivity index (χ4n) is 1.83. The smallest absolute Gasteiger partial charge is 0.219 e. The maximum atomic E-state index is 13.4. The molecular weight excluding hydrogens is 289 g/mol. The molecule has 0 aliphatic carbocycles. The summed E-state index contributed by atoms with van der Waals surface area (Å²) < 4.78 is 19.0. The molecule has 1 heterocycles. The van der Waals surface area contributed by atoms with E-state index in [1.54, 1.807) is 12.1 Å². The molecule has 0 aliphatic rings. The third-order valence-corrected chi connectivity index (χ3v) is 3.91. The lowest BCUT2D eigenvalue weighted by atomic mass is 9.80. The van der Waals surface area contributed by atoms with Crippen molar-refractivity contribution in [1.82, 2.24) is 4.98 Å². The Morgan fingerprint density at radius 1 is 1.19 bits per heavy atom. The SMILES string of the molecule is C[C@@H](c1cccc(Oc2ccc(Cl)c(F)c2)n1)C(C)(C)C. The first-order chi connectivity index (χ1) is 9.77. The number of aromatic nitrogens is 1. The predicted molar refractivity (Wildman–Crippen MR) is 83.6 cm³/mol. The molecule has 1 atom stereocenters. The summed E-state index contributed by atoms with van der Waals surface area (Å²) in [7, 11) is 0. The molecule has 0 saturated heterocycles. The maximum Gasteiger partial charge on any atom is 0.219 e. The first-order valence-electron chi connectivity index (χ1n) is 6.87. The van der Waals surface area contributed by atoms with Crippen LogP contribution in [0.4, 0.5) is 4.39 Å². The number of hydrogen-bond acceptors (Lipinski definition) is 2. The zero-order valence-electron chi connectivity index (χ0n) is 12.7. The summed E-state index contributed by atoms with van der Waals surface area (Å²) in [5, 5.41) is 0.0745. The Morgan fingerprint density at radius 3 is 2.52 bits per heavy atom. The second-order valence-electron chi connectivity index (χ2n) is 6.17. The van der Waals surface area contributed by atoms with Crippen LogP contribution in [0.5, 0.6) is 11.6 Å². The van der Waals surface area contributed by atoms with Gasteiger partial charge in [-0.25, -0.2) is 9.37 Å². The molecule has 2 nitrogen and oxygen atoms in total. The Morgan fingerprint density at radius 2 is 1.90 bits per heavy atom. The van der Waals surface area contributed by atoms with Crippen molar-refractivity contribution in [1.29, 1.82) is 0 Å². The number of hydrogen-bond donors (Lipinski definition) is 0. The van der Waals surface area contributed by atoms with Gasteiger partial charge in [-0.1, -0.05) is 45.4 Å². The van der Waals surface area contributed by atoms with Crippen molar-refractivity contribution in [2.75, 3.05) is 0 Å². The van der Waals surface area contributed by atoms with Crippen molar-refractivity contribution in [2.45, 2.75) is 33.6 Å². The monoisotopic (exact) mass is 307 g/mol. The van der Waals surface area contributed by atoms with Crippen LogP contribution >= 0.6 is 11.6 Å². The van der Waals surface area contributed by atoms with E-state index in [0.29, 0.717) is 11.6 Å². The van der Waals surface area contributed by atoms with Gasteiger partial charge in [0.05, 0.1) is 5.02 Å². The summed E-state index contributed by atoms with van der Waals surface area (Å²) >= 11 is 5.65. The highest BCUT2D eigenvalue weighted by atomic mass is 35.5. The van der Waals surface area contributed by atoms with E-state index in [1.165, 1.54) is 12.1 Å². The fraction of sp³-hybridized carbons (Fsp3) is 0.353. The first kappa shape index (κ1) is 15.8. The second kappa shape index (κ2) is 6.02. The van der Waals surface area contributed by atoms with Crippen LogP contribution in [-0.2, 0) is 0 Å². The van der Waals surface area contributed by atoms with Crippen LogP contribution in [0, 0.1) is 11.2 Å². The van der Waals surface area contributed by atoms with E-state index in [-0.39, 0.29) is 16.4 Å². The molecule has 0 radical (unpaired) electrons. The van der Waals surface area contributed by atoms with Gasteiger partial charge in [0, 0.05) is 23.7 Å². The topological polar surface area (TPSA) is 22.1 Å². The molecule has 4 heteroatoms. The van der Waals surface area contributed by atoms with Crippen LogP contribution < -0.4 is 4.74 Å². The van der Waals surface area contributed by atoms with Gasteiger partial charge in [-0.05, 0) is 23.6 Å². The van der Waals surface area contributed by atoms with Crippen molar-refractivity contribution >= 4 is 11.6 Å². The third kappa shape index (κ3) is 3.94. The van der Waals surface area contributed by atoms with E-state index in [4.69, 9.17) is 16.3 Å². The van der Waals surface area contributed by atoms with Gasteiger partial charge in [0.1, 0.15) is 11.6 Å². The molecule has 0 bridgehead atoms. The Kier molecular flexibility index (Phi) is 4.52. The predicted octanol–water partition coefficient (Wildman–Crippen LogP) is 5.82. The number of pyridine rings is 1. The van der Waals surface area contributed by atoms with E-state index >= 15 is 0 Å². The number of nitrogens with zero attached hydrogens (tertiary/aromatic N) is 1. The van der Waals surface area contributed by atoms with Crippen molar-refractivity contribution < 1.29 is 9.13 Å². The highest BCUT2D eigenvalue weighted by Gasteiger charge is 2.23. The van der Waals surface area contributed by atoms with E-state index in [2.05, 4.69) is 32.7 Å². The lowest BCUT2D eigenvalue weighted by Gasteiger charge is -2.26. The van der Waals surface area contributed by atoms with Crippen LogP contribution in [0.15, 0.2) is 36.4 Å². The number of ether oxygens (including phenoxy) is 1. The van der Waals surface area contributed by atoms with Crippen molar-refractivity contribution in [2.24, 2.45) is 5.41 Å². The fourth-order valence-corrected chi connectivity index (χ4v) is 1.95. The van der Waals surface area contributed by atoms with E-state index in [1.807, 2.05) is 12.1 Å². The molecule has 2 aromatic rings. The quantitative estimate of drug-likeness (QED) is 0.713. The van der Waals surface area contributed by atoms with Gasteiger partial charge in [0.25, 0.3) is 0 Å². The highest BCUT2D eigenvalue weighted by Crippen LogP contribution is 2.34. The van der Waals surface area contributed by atoms with Gasteiger partial charge in [0.15, 0.2) is 0 Å². The summed E-state index contributed by atoms with van der Waals surface area (Å²) in [6, 6.07) is 9.97. The Bertz CT molecular complexity index is 637. The van der Waals surface area contributed by atoms with Gasteiger partial charge in [-0.15, -0.1) is 0 Å². The zero-order chi connectivity index (χ0) is 15.6. The van der Waals surface area contributed by atoms with Crippen molar-refractivity contribution in [3.8, 4) is 11.6 Å². The van der Waals surface area contributed by atoms with E-state index < -0.39 is 5.82 Å². The molecule has 1 aromatic heterocycles. The standard InChI is InChI=1S/C17H19ClFNO/c1-11(17(2,3)4)15-6-5-7-16(20-15)21-12-8-9-13(18)14(19)10-12/h5-11H,1-4H3/t11-/m0/s1. The van der Waals surface area contributed by atoms with Crippen LogP contribution in [0.1, 0.15) is 39.3 Å². The molecule has 21 heavy (non-hydrogen) atoms. The first-order valence-corrected chi connectivity index (χ1v) is 7.25. The molecule has 0 saturated carbocycles. The second-order valence-corrected chi connectivity index (χ2v) is 6.57. The van der Waals surface area contributed by atoms with Crippen LogP contribution in [0.3, 0.4) is 0 Å². The molecule has 0 unspecified atom stereocenters. The minimum atomic E-state index is -0.506. The highest BCUT2D eigenvalue weighted by molar-refractivity contribution is 6.30. The number of benzene rings is 1. The van der Waals surface area contributed by atoms with Crippen molar-refractivity contribution in [3.05, 3.63) is 52.9 Å². The van der Waals surface area contributed by atoms with Gasteiger partial charge in [-0.2, -0.15) is 0 Å². The molecule has 0 spiro atoms. The summed E-state index contributed by atoms with van der Waals surface area (Å²) in [6.45, 7) is 8.64. The van der Waals surface area contributed by atoms with Crippen LogP contribution in [0.2, 0.25) is 5.02 Å². The summed E-state index contributed by atoms with van der Waals surface area (Å²) in [5.41, 5.74) is 1.06. The summed E-state index contributed by atoms with van der Waals surface area (Å²) in [5.74, 6) is 0.603. The Labute approximate surface area is 129 Å². The van der Waals surface area contributed by atoms with Crippen LogP contribution in [-0.4, -0.2) is 4.98 Å². The lowest BCUT2D eigenvalue weighted by Crippen LogP contribution is -2.16. The Hall–Kier alpha value is -1.61. The van der Waals surface area contributed by atoms with Gasteiger partial charge in [-0.3, -0.25) is 0 Å². The molecule has 0 aliphatic heterocycles. The molecule has 0 N–H and O–H groups in total. The zero-order valence-corrected chi connectivity index (χ0v) is 13.4. The molecule has 112 valence electrons. The minimum Gasteiger partial charge on any atom is -0.439 e. The van der Waals surface area contributed by atoms with E-state index in [0.717, 1.165) is 5.69 Å². The average Bonchev–Trinajstić information content (AvgIpc) is 2.41. The summed E-state index contributed by atoms with van der Waals surface area (Å²) in [6.07, 6.45) is 0. The molecule has 0 fully saturated rings. The van der Waals surface area contributed by atoms with E-state index in [9.17, 15) is 4.39 Å². The van der Waals surface area contributed by atoms with Gasteiger partial charge < -0.3 is 4.74 Å². The molecule has 1 aromatic carbocycles. The lowest BCUT2D eigenvalue weighted by molar-refractivity contribution is 0.331. The van der Waals surface area contributed by atoms with Crippen LogP contribution in [0.25, 0.3) is 0 Å². The average molecular weight is 308 g/mol. The largest absolute Gasteiger partial charge is 0.439 e. The van der Waals surface area contributed by atoms with Gasteiger partial charge in [0.2, 0.25) is 5.88 Å².